The maximum absolute atomic E-state index is 14.5. The number of fused-ring (bicyclic) bond motifs is 5. The number of nitrogens with one attached hydrogen (secondary N) is 2. The summed E-state index contributed by atoms with van der Waals surface area (Å²) in [6, 6.07) is 10.9. The SMILES string of the molecule is CCCC1(C(=O)NCc2cccc(C(=O)NCCc3ccc(C(=O)O)s3)c2)CC[C@]2(C)C(CCC3C4(C)CCC(O)C(C)(C)C4CCC32C)C1C. The molecular formula is C43H62N2O5S. The van der Waals surface area contributed by atoms with Crippen LogP contribution in [0.15, 0.2) is 36.4 Å². The Hall–Kier alpha value is -2.71. The van der Waals surface area contributed by atoms with Crippen LogP contribution in [0, 0.1) is 50.7 Å². The van der Waals surface area contributed by atoms with E-state index in [1.807, 2.05) is 18.2 Å². The zero-order valence-electron chi connectivity index (χ0n) is 32.1. The molecule has 4 aliphatic rings. The molecule has 9 atom stereocenters. The summed E-state index contributed by atoms with van der Waals surface area (Å²) in [5.41, 5.74) is 1.62. The van der Waals surface area contributed by atoms with E-state index < -0.39 is 11.4 Å². The van der Waals surface area contributed by atoms with Gasteiger partial charge in [-0.25, -0.2) is 4.79 Å². The summed E-state index contributed by atoms with van der Waals surface area (Å²) < 4.78 is 0. The van der Waals surface area contributed by atoms with Gasteiger partial charge >= 0.3 is 5.97 Å². The number of aromatic carboxylic acids is 1. The first kappa shape index (κ1) is 38.0. The van der Waals surface area contributed by atoms with Gasteiger partial charge in [0.2, 0.25) is 5.91 Å². The quantitative estimate of drug-likeness (QED) is 0.196. The second-order valence-electron chi connectivity index (χ2n) is 18.2. The molecule has 2 amide bonds. The van der Waals surface area contributed by atoms with Crippen LogP contribution in [0.1, 0.15) is 143 Å². The third kappa shape index (κ3) is 6.28. The van der Waals surface area contributed by atoms with E-state index in [1.54, 1.807) is 18.2 Å². The minimum Gasteiger partial charge on any atom is -0.477 e. The summed E-state index contributed by atoms with van der Waals surface area (Å²) in [5, 5.41) is 26.5. The summed E-state index contributed by atoms with van der Waals surface area (Å²) in [6.07, 6.45) is 11.0. The van der Waals surface area contributed by atoms with Gasteiger partial charge in [0.05, 0.1) is 11.5 Å². The van der Waals surface area contributed by atoms with Crippen molar-refractivity contribution in [3.8, 4) is 0 Å². The van der Waals surface area contributed by atoms with Crippen molar-refractivity contribution in [2.45, 2.75) is 132 Å². The van der Waals surface area contributed by atoms with Crippen LogP contribution in [0.3, 0.4) is 0 Å². The van der Waals surface area contributed by atoms with Crippen LogP contribution >= 0.6 is 11.3 Å². The van der Waals surface area contributed by atoms with Gasteiger partial charge in [0.25, 0.3) is 5.91 Å². The third-order valence-corrected chi connectivity index (χ3v) is 16.9. The molecule has 1 aromatic heterocycles. The minimum atomic E-state index is -0.934. The van der Waals surface area contributed by atoms with Gasteiger partial charge in [-0.15, -0.1) is 11.3 Å². The van der Waals surface area contributed by atoms with Crippen LogP contribution in [0.5, 0.6) is 0 Å². The van der Waals surface area contributed by atoms with Gasteiger partial charge in [-0.3, -0.25) is 9.59 Å². The molecule has 1 heterocycles. The molecule has 1 aromatic carbocycles. The number of thiophene rings is 1. The first-order valence-electron chi connectivity index (χ1n) is 19.7. The van der Waals surface area contributed by atoms with Gasteiger partial charge in [0, 0.05) is 23.5 Å². The second kappa shape index (κ2) is 13.9. The lowest BCUT2D eigenvalue weighted by Gasteiger charge is -2.72. The van der Waals surface area contributed by atoms with Gasteiger partial charge in [-0.05, 0) is 139 Å². The van der Waals surface area contributed by atoms with Crippen molar-refractivity contribution in [2.24, 2.45) is 50.7 Å². The number of carbonyl (C=O) groups is 3. The number of aliphatic hydroxyl groups excluding tert-OH is 1. The normalized spacial score (nSPS) is 37.0. The van der Waals surface area contributed by atoms with Crippen LogP contribution in [-0.2, 0) is 17.8 Å². The molecule has 4 fully saturated rings. The molecule has 2 aromatic rings. The Kier molecular flexibility index (Phi) is 10.4. The Morgan fingerprint density at radius 1 is 0.882 bits per heavy atom. The molecule has 0 aliphatic heterocycles. The van der Waals surface area contributed by atoms with Crippen molar-refractivity contribution in [1.82, 2.24) is 10.6 Å². The van der Waals surface area contributed by atoms with E-state index >= 15 is 0 Å². The monoisotopic (exact) mass is 718 g/mol. The molecule has 0 spiro atoms. The Morgan fingerprint density at radius 3 is 2.35 bits per heavy atom. The molecule has 8 unspecified atom stereocenters. The van der Waals surface area contributed by atoms with E-state index in [2.05, 4.69) is 59.1 Å². The minimum absolute atomic E-state index is 0.0523. The Labute approximate surface area is 309 Å². The van der Waals surface area contributed by atoms with Crippen molar-refractivity contribution in [1.29, 1.82) is 0 Å². The molecule has 0 radical (unpaired) electrons. The molecule has 4 N–H and O–H groups in total. The highest BCUT2D eigenvalue weighted by Crippen LogP contribution is 2.75. The summed E-state index contributed by atoms with van der Waals surface area (Å²) in [4.78, 5) is 39.9. The number of benzene rings is 1. The summed E-state index contributed by atoms with van der Waals surface area (Å²) in [5.74, 6) is 0.998. The fourth-order valence-corrected chi connectivity index (χ4v) is 13.6. The van der Waals surface area contributed by atoms with Gasteiger partial charge in [0.1, 0.15) is 4.88 Å². The van der Waals surface area contributed by atoms with E-state index in [9.17, 15) is 19.5 Å². The van der Waals surface area contributed by atoms with Crippen LogP contribution in [0.2, 0.25) is 0 Å². The van der Waals surface area contributed by atoms with E-state index in [0.717, 1.165) is 49.0 Å². The van der Waals surface area contributed by atoms with Crippen molar-refractivity contribution in [3.63, 3.8) is 0 Å². The number of carboxylic acids is 1. The smallest absolute Gasteiger partial charge is 0.345 e. The average Bonchev–Trinajstić information content (AvgIpc) is 3.57. The predicted molar refractivity (Wildman–Crippen MR) is 204 cm³/mol. The number of amides is 2. The van der Waals surface area contributed by atoms with Crippen molar-refractivity contribution >= 4 is 29.1 Å². The summed E-state index contributed by atoms with van der Waals surface area (Å²) in [6.45, 7) is 17.8. The van der Waals surface area contributed by atoms with Crippen molar-refractivity contribution in [3.05, 3.63) is 57.3 Å². The van der Waals surface area contributed by atoms with Crippen LogP contribution in [-0.4, -0.2) is 40.6 Å². The lowest BCUT2D eigenvalue weighted by atomic mass is 9.32. The number of aliphatic hydroxyl groups is 1. The van der Waals surface area contributed by atoms with Crippen molar-refractivity contribution < 1.29 is 24.6 Å². The van der Waals surface area contributed by atoms with Gasteiger partial charge < -0.3 is 20.8 Å². The average molecular weight is 719 g/mol. The highest BCUT2D eigenvalue weighted by atomic mass is 32.1. The zero-order valence-corrected chi connectivity index (χ0v) is 32.9. The van der Waals surface area contributed by atoms with E-state index in [-0.39, 0.29) is 45.5 Å². The summed E-state index contributed by atoms with van der Waals surface area (Å²) >= 11 is 1.23. The molecule has 8 heteroatoms. The van der Waals surface area contributed by atoms with Crippen LogP contribution in [0.4, 0.5) is 0 Å². The number of hydrogen-bond donors (Lipinski definition) is 4. The Bertz CT molecular complexity index is 1640. The fraction of sp³-hybridized carbons (Fsp3) is 0.698. The van der Waals surface area contributed by atoms with Gasteiger partial charge in [-0.1, -0.05) is 67.0 Å². The number of hydrogen-bond acceptors (Lipinski definition) is 5. The Balaban J connectivity index is 1.13. The van der Waals surface area contributed by atoms with Crippen molar-refractivity contribution in [2.75, 3.05) is 6.54 Å². The topological polar surface area (TPSA) is 116 Å². The van der Waals surface area contributed by atoms with Crippen LogP contribution in [0.25, 0.3) is 0 Å². The third-order valence-electron chi connectivity index (χ3n) is 15.8. The second-order valence-corrected chi connectivity index (χ2v) is 19.4. The molecule has 280 valence electrons. The lowest BCUT2D eigenvalue weighted by molar-refractivity contribution is -0.246. The molecule has 6 rings (SSSR count). The standard InChI is InChI=1S/C43H62N2O5S/c1-8-19-43(38(50)45-26-28-10-9-11-29(25-28)36(47)44-24-18-30-12-14-32(51-30)37(48)49)23-22-41(6)31(27(43)2)13-15-34-40(5)20-17-35(46)39(3,4)33(40)16-21-42(34,41)7/h9-12,14,25,27,31,33-35,46H,8,13,15-24,26H2,1-7H3,(H,44,47)(H,45,50)(H,48,49)/t27?,31?,33?,34?,35?,40?,41-,42?,43?/m1/s1. The highest BCUT2D eigenvalue weighted by molar-refractivity contribution is 7.13. The van der Waals surface area contributed by atoms with Crippen LogP contribution < -0.4 is 10.6 Å². The van der Waals surface area contributed by atoms with Gasteiger partial charge in [-0.2, -0.15) is 0 Å². The Morgan fingerprint density at radius 2 is 1.65 bits per heavy atom. The molecule has 0 bridgehead atoms. The maximum atomic E-state index is 14.5. The number of carbonyl (C=O) groups excluding carboxylic acids is 2. The zero-order chi connectivity index (χ0) is 37.0. The largest absolute Gasteiger partial charge is 0.477 e. The van der Waals surface area contributed by atoms with E-state index in [0.29, 0.717) is 47.7 Å². The predicted octanol–water partition coefficient (Wildman–Crippen LogP) is 8.89. The van der Waals surface area contributed by atoms with Gasteiger partial charge in [0.15, 0.2) is 0 Å². The van der Waals surface area contributed by atoms with E-state index in [1.165, 1.54) is 37.0 Å². The first-order chi connectivity index (χ1) is 24.0. The molecule has 7 nitrogen and oxygen atoms in total. The highest BCUT2D eigenvalue weighted by Gasteiger charge is 2.69. The molecule has 4 saturated carbocycles. The summed E-state index contributed by atoms with van der Waals surface area (Å²) in [7, 11) is 0. The lowest BCUT2D eigenvalue weighted by Crippen LogP contribution is -2.67. The fourth-order valence-electron chi connectivity index (χ4n) is 12.8. The molecule has 4 aliphatic carbocycles. The first-order valence-corrected chi connectivity index (χ1v) is 20.5. The van der Waals surface area contributed by atoms with E-state index in [4.69, 9.17) is 5.11 Å². The molecule has 0 saturated heterocycles. The molecular weight excluding hydrogens is 657 g/mol. The maximum Gasteiger partial charge on any atom is 0.345 e. The number of carboxylic acid groups (broad SMARTS) is 1. The molecule has 51 heavy (non-hydrogen) atoms. The number of rotatable bonds is 10.